The van der Waals surface area contributed by atoms with Gasteiger partial charge in [-0.25, -0.2) is 9.78 Å². The normalized spacial score (nSPS) is 15.1. The summed E-state index contributed by atoms with van der Waals surface area (Å²) in [5.74, 6) is 1.49. The molecule has 0 unspecified atom stereocenters. The van der Waals surface area contributed by atoms with Crippen molar-refractivity contribution in [3.05, 3.63) is 59.7 Å². The summed E-state index contributed by atoms with van der Waals surface area (Å²) in [7, 11) is 3.30. The van der Waals surface area contributed by atoms with Gasteiger partial charge in [0.25, 0.3) is 0 Å². The van der Waals surface area contributed by atoms with Crippen molar-refractivity contribution in [1.29, 1.82) is 0 Å². The van der Waals surface area contributed by atoms with E-state index in [9.17, 15) is 4.79 Å². The van der Waals surface area contributed by atoms with Crippen molar-refractivity contribution < 1.29 is 19.0 Å². The molecule has 10 heteroatoms. The highest BCUT2D eigenvalue weighted by Gasteiger charge is 2.23. The van der Waals surface area contributed by atoms with E-state index in [1.165, 1.54) is 0 Å². The first-order valence-corrected chi connectivity index (χ1v) is 14.7. The lowest BCUT2D eigenvalue weighted by Crippen LogP contribution is -2.41. The van der Waals surface area contributed by atoms with E-state index < -0.39 is 0 Å². The van der Waals surface area contributed by atoms with Crippen molar-refractivity contribution in [2.45, 2.75) is 30.3 Å². The molecule has 1 aliphatic heterocycles. The number of fused-ring (bicyclic) bond motifs is 1. The number of anilines is 1. The highest BCUT2D eigenvalue weighted by atomic mass is 32.2. The van der Waals surface area contributed by atoms with Crippen LogP contribution in [0, 0.1) is 0 Å². The molecule has 4 aromatic rings. The van der Waals surface area contributed by atoms with Crippen LogP contribution in [0.2, 0.25) is 0 Å². The second-order valence-electron chi connectivity index (χ2n) is 9.06. The predicted octanol–water partition coefficient (Wildman–Crippen LogP) is 6.06. The number of urea groups is 1. The van der Waals surface area contributed by atoms with Gasteiger partial charge < -0.3 is 24.4 Å². The number of carbonyl (C=O) groups is 1. The molecule has 0 radical (unpaired) electrons. The average Bonchev–Trinajstić information content (AvgIpc) is 3.69. The third-order valence-electron chi connectivity index (χ3n) is 6.68. The van der Waals surface area contributed by atoms with Crippen LogP contribution in [0.1, 0.15) is 18.5 Å². The fourth-order valence-corrected chi connectivity index (χ4v) is 5.91. The maximum Gasteiger partial charge on any atom is 0.321 e. The van der Waals surface area contributed by atoms with Gasteiger partial charge in [0.05, 0.1) is 26.0 Å². The first-order chi connectivity index (χ1) is 18.6. The maximum absolute atomic E-state index is 13.3. The van der Waals surface area contributed by atoms with Crippen LogP contribution in [-0.2, 0) is 11.2 Å². The number of thiazole rings is 1. The van der Waals surface area contributed by atoms with E-state index in [4.69, 9.17) is 19.2 Å². The van der Waals surface area contributed by atoms with Crippen LogP contribution in [-0.4, -0.2) is 66.6 Å². The summed E-state index contributed by atoms with van der Waals surface area (Å²) in [5, 5.41) is 5.17. The summed E-state index contributed by atoms with van der Waals surface area (Å²) < 4.78 is 18.9. The zero-order chi connectivity index (χ0) is 26.5. The predicted molar refractivity (Wildman–Crippen MR) is 153 cm³/mol. The highest BCUT2D eigenvalue weighted by Crippen LogP contribution is 2.34. The molecule has 1 saturated heterocycles. The van der Waals surface area contributed by atoms with Crippen LogP contribution in [0.4, 0.5) is 10.5 Å². The topological polar surface area (TPSA) is 77.3 Å². The number of hydrogen-bond acceptors (Lipinski definition) is 7. The van der Waals surface area contributed by atoms with Crippen LogP contribution < -0.4 is 14.8 Å². The van der Waals surface area contributed by atoms with Crippen molar-refractivity contribution in [2.75, 3.05) is 45.5 Å². The maximum atomic E-state index is 13.3. The molecule has 2 aromatic heterocycles. The Morgan fingerprint density at radius 1 is 1.24 bits per heavy atom. The molecule has 1 atom stereocenters. The van der Waals surface area contributed by atoms with Gasteiger partial charge in [0.2, 0.25) is 0 Å². The average molecular weight is 553 g/mol. The summed E-state index contributed by atoms with van der Waals surface area (Å²) in [6.07, 6.45) is 6.83. The third kappa shape index (κ3) is 5.92. The van der Waals surface area contributed by atoms with Gasteiger partial charge in [-0.15, -0.1) is 23.1 Å². The molecule has 8 nitrogen and oxygen atoms in total. The van der Waals surface area contributed by atoms with Crippen molar-refractivity contribution in [1.82, 2.24) is 14.3 Å². The molecule has 1 aliphatic rings. The van der Waals surface area contributed by atoms with Crippen molar-refractivity contribution in [3.63, 3.8) is 0 Å². The second kappa shape index (κ2) is 12.1. The van der Waals surface area contributed by atoms with Gasteiger partial charge in [0, 0.05) is 59.5 Å². The van der Waals surface area contributed by atoms with E-state index in [0.29, 0.717) is 19.5 Å². The molecule has 1 fully saturated rings. The Labute approximate surface area is 230 Å². The van der Waals surface area contributed by atoms with E-state index in [1.807, 2.05) is 59.8 Å². The first-order valence-electron chi connectivity index (χ1n) is 12.6. The summed E-state index contributed by atoms with van der Waals surface area (Å²) >= 11 is 3.26. The minimum atomic E-state index is -0.115. The number of nitrogens with zero attached hydrogens (tertiary/aromatic N) is 3. The van der Waals surface area contributed by atoms with Gasteiger partial charge in [-0.05, 0) is 61.6 Å². The number of ether oxygens (including phenoxy) is 3. The molecule has 2 amide bonds. The van der Waals surface area contributed by atoms with E-state index >= 15 is 0 Å². The van der Waals surface area contributed by atoms with E-state index in [-0.39, 0.29) is 12.1 Å². The quantitative estimate of drug-likeness (QED) is 0.241. The Morgan fingerprint density at radius 2 is 2.08 bits per heavy atom. The standard InChI is InChI=1S/C28H32N4O4S2/c1-34-21-8-11-26(35-2)24(15-21)25-17-32-20(18-38-28(32)30-25)12-13-31(16-22-5-4-14-36-22)27(33)29-19-6-9-23(37-3)10-7-19/h6-11,15,17-18,22H,4-5,12-14,16H2,1-3H3,(H,29,33)/t22-/m1/s1. The number of hydrogen-bond donors (Lipinski definition) is 1. The largest absolute Gasteiger partial charge is 0.497 e. The van der Waals surface area contributed by atoms with E-state index in [2.05, 4.69) is 15.1 Å². The van der Waals surface area contributed by atoms with E-state index in [0.717, 1.165) is 63.4 Å². The minimum absolute atomic E-state index is 0.0717. The molecule has 0 saturated carbocycles. The molecule has 3 heterocycles. The van der Waals surface area contributed by atoms with Gasteiger partial charge in [-0.1, -0.05) is 0 Å². The van der Waals surface area contributed by atoms with Gasteiger partial charge in [-0.2, -0.15) is 0 Å². The lowest BCUT2D eigenvalue weighted by atomic mass is 10.1. The number of carbonyl (C=O) groups excluding carboxylic acids is 1. The number of nitrogens with one attached hydrogen (secondary N) is 1. The van der Waals surface area contributed by atoms with Crippen molar-refractivity contribution >= 4 is 39.8 Å². The number of benzene rings is 2. The number of imidazole rings is 1. The minimum Gasteiger partial charge on any atom is -0.497 e. The monoisotopic (exact) mass is 552 g/mol. The smallest absolute Gasteiger partial charge is 0.321 e. The summed E-state index contributed by atoms with van der Waals surface area (Å²) in [6.45, 7) is 1.89. The first kappa shape index (κ1) is 26.4. The summed E-state index contributed by atoms with van der Waals surface area (Å²) in [6, 6.07) is 13.5. The Hall–Kier alpha value is -3.21. The molecule has 38 heavy (non-hydrogen) atoms. The zero-order valence-electron chi connectivity index (χ0n) is 21.8. The van der Waals surface area contributed by atoms with Crippen LogP contribution in [0.25, 0.3) is 16.2 Å². The number of amides is 2. The molecular formula is C28H32N4O4S2. The lowest BCUT2D eigenvalue weighted by molar-refractivity contribution is 0.0838. The number of rotatable bonds is 10. The van der Waals surface area contributed by atoms with Crippen LogP contribution >= 0.6 is 23.1 Å². The Balaban J connectivity index is 1.33. The summed E-state index contributed by atoms with van der Waals surface area (Å²) in [5.41, 5.74) is 3.58. The van der Waals surface area contributed by atoms with Crippen LogP contribution in [0.5, 0.6) is 11.5 Å². The third-order valence-corrected chi connectivity index (χ3v) is 8.31. The van der Waals surface area contributed by atoms with Gasteiger partial charge >= 0.3 is 6.03 Å². The zero-order valence-corrected chi connectivity index (χ0v) is 23.4. The Morgan fingerprint density at radius 3 is 2.79 bits per heavy atom. The summed E-state index contributed by atoms with van der Waals surface area (Å²) in [4.78, 5) is 22.1. The molecule has 0 bridgehead atoms. The molecule has 5 rings (SSSR count). The van der Waals surface area contributed by atoms with Crippen LogP contribution in [0.15, 0.2) is 58.9 Å². The van der Waals surface area contributed by atoms with Gasteiger partial charge in [0.15, 0.2) is 4.96 Å². The fraction of sp³-hybridized carbons (Fsp3) is 0.357. The second-order valence-corrected chi connectivity index (χ2v) is 10.8. The molecule has 200 valence electrons. The number of methoxy groups -OCH3 is 2. The lowest BCUT2D eigenvalue weighted by Gasteiger charge is -2.25. The molecular weight excluding hydrogens is 520 g/mol. The van der Waals surface area contributed by atoms with Crippen molar-refractivity contribution in [3.8, 4) is 22.8 Å². The van der Waals surface area contributed by atoms with Gasteiger partial charge in [0.1, 0.15) is 11.5 Å². The molecule has 1 N–H and O–H groups in total. The highest BCUT2D eigenvalue weighted by molar-refractivity contribution is 7.98. The number of aromatic nitrogens is 2. The van der Waals surface area contributed by atoms with Crippen molar-refractivity contribution in [2.24, 2.45) is 0 Å². The molecule has 2 aromatic carbocycles. The van der Waals surface area contributed by atoms with Crippen LogP contribution in [0.3, 0.4) is 0 Å². The Kier molecular flexibility index (Phi) is 8.41. The SMILES string of the molecule is COc1ccc(OC)c(-c2cn3c(CCN(C[C@H]4CCCO4)C(=O)Nc4ccc(SC)cc4)csc3n2)c1. The van der Waals surface area contributed by atoms with Gasteiger partial charge in [-0.3, -0.25) is 4.40 Å². The fourth-order valence-electron chi connectivity index (χ4n) is 4.59. The molecule has 0 spiro atoms. The molecule has 0 aliphatic carbocycles. The number of thioether (sulfide) groups is 1. The van der Waals surface area contributed by atoms with E-state index in [1.54, 1.807) is 37.3 Å². The Bertz CT molecular complexity index is 1380.